The van der Waals surface area contributed by atoms with Gasteiger partial charge in [0.1, 0.15) is 12.3 Å². The third kappa shape index (κ3) is 3.44. The Labute approximate surface area is 115 Å². The first kappa shape index (κ1) is 13.8. The molecule has 8 heteroatoms. The van der Waals surface area contributed by atoms with Crippen LogP contribution in [0.4, 0.5) is 0 Å². The fourth-order valence-electron chi connectivity index (χ4n) is 1.51. The molecular formula is C12H15N5O3. The van der Waals surface area contributed by atoms with E-state index in [1.165, 1.54) is 12.4 Å². The lowest BCUT2D eigenvalue weighted by Crippen LogP contribution is -2.28. The number of rotatable bonds is 6. The number of H-pyrrole nitrogens is 1. The van der Waals surface area contributed by atoms with E-state index in [0.717, 1.165) is 0 Å². The standard InChI is InChI=1S/C12H15N5O3/c1-2-17-8-9(7-15-17)12(19)20-6-5-13-11(18)10-3-4-14-16-10/h3-4,7-8H,2,5-6H2,1H3,(H,13,18)(H,14,16). The number of carbonyl (C=O) groups excluding carboxylic acids is 2. The summed E-state index contributed by atoms with van der Waals surface area (Å²) in [6.45, 7) is 2.93. The fraction of sp³-hybridized carbons (Fsp3) is 0.333. The number of aromatic amines is 1. The highest BCUT2D eigenvalue weighted by Gasteiger charge is 2.10. The lowest BCUT2D eigenvalue weighted by molar-refractivity contribution is 0.0503. The molecule has 0 saturated carbocycles. The first-order chi connectivity index (χ1) is 9.70. The Morgan fingerprint density at radius 3 is 3.00 bits per heavy atom. The van der Waals surface area contributed by atoms with Gasteiger partial charge in [-0.1, -0.05) is 0 Å². The van der Waals surface area contributed by atoms with Crippen molar-refractivity contribution in [3.8, 4) is 0 Å². The molecule has 8 nitrogen and oxygen atoms in total. The average molecular weight is 277 g/mol. The number of ether oxygens (including phenoxy) is 1. The Kier molecular flexibility index (Phi) is 4.48. The van der Waals surface area contributed by atoms with E-state index in [4.69, 9.17) is 4.74 Å². The number of esters is 1. The largest absolute Gasteiger partial charge is 0.460 e. The molecule has 2 aromatic heterocycles. The second-order valence-corrected chi connectivity index (χ2v) is 3.95. The quantitative estimate of drug-likeness (QED) is 0.580. The zero-order valence-corrected chi connectivity index (χ0v) is 11.0. The SMILES string of the molecule is CCn1cc(C(=O)OCCNC(=O)c2ccn[nH]2)cn1. The minimum Gasteiger partial charge on any atom is -0.460 e. The van der Waals surface area contributed by atoms with Crippen LogP contribution in [0.3, 0.4) is 0 Å². The first-order valence-electron chi connectivity index (χ1n) is 6.18. The molecule has 2 N–H and O–H groups in total. The molecule has 2 rings (SSSR count). The molecular weight excluding hydrogens is 262 g/mol. The van der Waals surface area contributed by atoms with Crippen molar-refractivity contribution in [1.82, 2.24) is 25.3 Å². The molecule has 0 radical (unpaired) electrons. The van der Waals surface area contributed by atoms with Crippen LogP contribution in [-0.2, 0) is 11.3 Å². The number of nitrogens with zero attached hydrogens (tertiary/aromatic N) is 3. The summed E-state index contributed by atoms with van der Waals surface area (Å²) < 4.78 is 6.66. The van der Waals surface area contributed by atoms with Crippen LogP contribution in [0.2, 0.25) is 0 Å². The van der Waals surface area contributed by atoms with Gasteiger partial charge in [0.25, 0.3) is 5.91 Å². The number of hydrogen-bond donors (Lipinski definition) is 2. The number of hydrogen-bond acceptors (Lipinski definition) is 5. The van der Waals surface area contributed by atoms with E-state index in [0.29, 0.717) is 17.8 Å². The summed E-state index contributed by atoms with van der Waals surface area (Å²) in [7, 11) is 0. The van der Waals surface area contributed by atoms with E-state index in [2.05, 4.69) is 20.6 Å². The maximum absolute atomic E-state index is 11.6. The van der Waals surface area contributed by atoms with Crippen molar-refractivity contribution in [3.63, 3.8) is 0 Å². The van der Waals surface area contributed by atoms with Crippen molar-refractivity contribution in [2.45, 2.75) is 13.5 Å². The topological polar surface area (TPSA) is 102 Å². The van der Waals surface area contributed by atoms with E-state index in [9.17, 15) is 9.59 Å². The number of carbonyl (C=O) groups is 2. The van der Waals surface area contributed by atoms with Gasteiger partial charge < -0.3 is 10.1 Å². The van der Waals surface area contributed by atoms with Crippen molar-refractivity contribution in [3.05, 3.63) is 35.9 Å². The molecule has 2 aromatic rings. The van der Waals surface area contributed by atoms with Gasteiger partial charge >= 0.3 is 5.97 Å². The van der Waals surface area contributed by atoms with Crippen LogP contribution in [0.25, 0.3) is 0 Å². The highest BCUT2D eigenvalue weighted by atomic mass is 16.5. The van der Waals surface area contributed by atoms with Gasteiger partial charge in [-0.2, -0.15) is 10.2 Å². The van der Waals surface area contributed by atoms with Crippen LogP contribution >= 0.6 is 0 Å². The Morgan fingerprint density at radius 2 is 2.35 bits per heavy atom. The van der Waals surface area contributed by atoms with Gasteiger partial charge in [-0.05, 0) is 13.0 Å². The molecule has 0 aliphatic heterocycles. The van der Waals surface area contributed by atoms with Crippen molar-refractivity contribution in [2.75, 3.05) is 13.2 Å². The summed E-state index contributed by atoms with van der Waals surface area (Å²) in [6, 6.07) is 1.56. The normalized spacial score (nSPS) is 10.2. The number of nitrogens with one attached hydrogen (secondary N) is 2. The van der Waals surface area contributed by atoms with Gasteiger partial charge in [-0.15, -0.1) is 0 Å². The van der Waals surface area contributed by atoms with Crippen LogP contribution in [0, 0.1) is 0 Å². The Bertz CT molecular complexity index is 576. The Balaban J connectivity index is 1.70. The van der Waals surface area contributed by atoms with Crippen LogP contribution < -0.4 is 5.32 Å². The zero-order valence-electron chi connectivity index (χ0n) is 11.0. The van der Waals surface area contributed by atoms with E-state index in [1.54, 1.807) is 16.9 Å². The minimum absolute atomic E-state index is 0.0933. The molecule has 0 fully saturated rings. The van der Waals surface area contributed by atoms with Gasteiger partial charge in [0.15, 0.2) is 0 Å². The Morgan fingerprint density at radius 1 is 1.50 bits per heavy atom. The lowest BCUT2D eigenvalue weighted by Gasteiger charge is -2.04. The summed E-state index contributed by atoms with van der Waals surface area (Å²) in [6.07, 6.45) is 4.56. The molecule has 0 aliphatic carbocycles. The smallest absolute Gasteiger partial charge is 0.341 e. The molecule has 0 unspecified atom stereocenters. The number of aryl methyl sites for hydroxylation is 1. The van der Waals surface area contributed by atoms with Crippen LogP contribution in [-0.4, -0.2) is 45.0 Å². The second-order valence-electron chi connectivity index (χ2n) is 3.95. The molecule has 0 saturated heterocycles. The van der Waals surface area contributed by atoms with Gasteiger partial charge in [0, 0.05) is 18.9 Å². The predicted molar refractivity (Wildman–Crippen MR) is 69.1 cm³/mol. The third-order valence-corrected chi connectivity index (χ3v) is 2.56. The summed E-state index contributed by atoms with van der Waals surface area (Å²) in [5.41, 5.74) is 0.757. The highest BCUT2D eigenvalue weighted by molar-refractivity contribution is 5.92. The van der Waals surface area contributed by atoms with Gasteiger partial charge in [0.05, 0.1) is 18.3 Å². The van der Waals surface area contributed by atoms with Gasteiger partial charge in [-0.3, -0.25) is 14.6 Å². The second kappa shape index (κ2) is 6.50. The highest BCUT2D eigenvalue weighted by Crippen LogP contribution is 2.00. The van der Waals surface area contributed by atoms with Crippen LogP contribution in [0.5, 0.6) is 0 Å². The van der Waals surface area contributed by atoms with Crippen molar-refractivity contribution in [1.29, 1.82) is 0 Å². The Hall–Kier alpha value is -2.64. The van der Waals surface area contributed by atoms with Gasteiger partial charge in [-0.25, -0.2) is 4.79 Å². The minimum atomic E-state index is -0.458. The summed E-state index contributed by atoms with van der Waals surface area (Å²) in [5.74, 6) is -0.752. The molecule has 0 aliphatic rings. The molecule has 1 amide bonds. The zero-order chi connectivity index (χ0) is 14.4. The van der Waals surface area contributed by atoms with Gasteiger partial charge in [0.2, 0.25) is 0 Å². The molecule has 0 aromatic carbocycles. The van der Waals surface area contributed by atoms with Crippen molar-refractivity contribution in [2.24, 2.45) is 0 Å². The van der Waals surface area contributed by atoms with E-state index in [1.807, 2.05) is 6.92 Å². The number of amides is 1. The van der Waals surface area contributed by atoms with Crippen LogP contribution in [0.1, 0.15) is 27.8 Å². The van der Waals surface area contributed by atoms with E-state index in [-0.39, 0.29) is 19.1 Å². The fourth-order valence-corrected chi connectivity index (χ4v) is 1.51. The third-order valence-electron chi connectivity index (χ3n) is 2.56. The average Bonchev–Trinajstić information content (AvgIpc) is 3.13. The van der Waals surface area contributed by atoms with E-state index >= 15 is 0 Å². The van der Waals surface area contributed by atoms with Crippen molar-refractivity contribution < 1.29 is 14.3 Å². The van der Waals surface area contributed by atoms with E-state index < -0.39 is 5.97 Å². The number of aromatic nitrogens is 4. The van der Waals surface area contributed by atoms with Crippen molar-refractivity contribution >= 4 is 11.9 Å². The molecule has 0 atom stereocenters. The summed E-state index contributed by atoms with van der Waals surface area (Å²) in [5, 5.41) is 12.8. The molecule has 106 valence electrons. The van der Waals surface area contributed by atoms with Crippen LogP contribution in [0.15, 0.2) is 24.7 Å². The monoisotopic (exact) mass is 277 g/mol. The predicted octanol–water partition coefficient (Wildman–Crippen LogP) is 0.213. The molecule has 0 spiro atoms. The maximum atomic E-state index is 11.6. The first-order valence-corrected chi connectivity index (χ1v) is 6.18. The molecule has 20 heavy (non-hydrogen) atoms. The molecule has 0 bridgehead atoms. The lowest BCUT2D eigenvalue weighted by atomic mass is 10.4. The summed E-state index contributed by atoms with van der Waals surface area (Å²) in [4.78, 5) is 23.2. The molecule has 2 heterocycles. The summed E-state index contributed by atoms with van der Waals surface area (Å²) >= 11 is 0. The maximum Gasteiger partial charge on any atom is 0.341 e.